The van der Waals surface area contributed by atoms with Crippen LogP contribution in [0.15, 0.2) is 48.5 Å². The minimum atomic E-state index is -0.465. The molecule has 31 heavy (non-hydrogen) atoms. The smallest absolute Gasteiger partial charge is 0.242 e. The van der Waals surface area contributed by atoms with Crippen LogP contribution < -0.4 is 5.32 Å². The van der Waals surface area contributed by atoms with E-state index in [0.717, 1.165) is 11.3 Å². The quantitative estimate of drug-likeness (QED) is 0.528. The summed E-state index contributed by atoms with van der Waals surface area (Å²) in [7, 11) is 0. The maximum Gasteiger partial charge on any atom is 0.242 e. The van der Waals surface area contributed by atoms with Gasteiger partial charge >= 0.3 is 0 Å². The van der Waals surface area contributed by atoms with Gasteiger partial charge in [-0.05, 0) is 37.3 Å². The maximum atomic E-state index is 13.2. The topological polar surface area (TPSA) is 49.4 Å². The fraction of sp³-hybridized carbons (Fsp3) is 0.462. The Hall–Kier alpha value is -2.27. The molecule has 2 rings (SSSR count). The molecule has 0 saturated carbocycles. The largest absolute Gasteiger partial charge is 0.354 e. The fourth-order valence-corrected chi connectivity index (χ4v) is 4.13. The van der Waals surface area contributed by atoms with Crippen LogP contribution in [0.3, 0.4) is 0 Å². The van der Waals surface area contributed by atoms with Crippen LogP contribution in [0.4, 0.5) is 0 Å². The molecule has 0 aliphatic rings. The number of amides is 2. The molecular weight excluding hydrogens is 404 g/mol. The highest BCUT2D eigenvalue weighted by Crippen LogP contribution is 2.18. The van der Waals surface area contributed by atoms with Gasteiger partial charge in [0.15, 0.2) is 0 Å². The van der Waals surface area contributed by atoms with Crippen LogP contribution >= 0.6 is 11.8 Å². The second-order valence-electron chi connectivity index (χ2n) is 8.55. The van der Waals surface area contributed by atoms with E-state index in [1.807, 2.05) is 38.1 Å². The lowest BCUT2D eigenvalue weighted by Crippen LogP contribution is -2.50. The Bertz CT molecular complexity index is 831. The van der Waals surface area contributed by atoms with Crippen molar-refractivity contribution in [2.75, 3.05) is 12.3 Å². The zero-order valence-electron chi connectivity index (χ0n) is 19.5. The van der Waals surface area contributed by atoms with Crippen molar-refractivity contribution in [3.63, 3.8) is 0 Å². The summed E-state index contributed by atoms with van der Waals surface area (Å²) in [6.07, 6.45) is 0.587. The minimum Gasteiger partial charge on any atom is -0.354 e. The second-order valence-corrected chi connectivity index (χ2v) is 9.53. The van der Waals surface area contributed by atoms with Crippen molar-refractivity contribution >= 4 is 23.6 Å². The summed E-state index contributed by atoms with van der Waals surface area (Å²) in [6, 6.07) is 16.1. The van der Waals surface area contributed by atoms with Gasteiger partial charge in [0, 0.05) is 18.8 Å². The average molecular weight is 441 g/mol. The summed E-state index contributed by atoms with van der Waals surface area (Å²) >= 11 is 1.60. The van der Waals surface area contributed by atoms with Crippen molar-refractivity contribution in [2.24, 2.45) is 5.92 Å². The van der Waals surface area contributed by atoms with Crippen LogP contribution in [-0.2, 0) is 21.9 Å². The molecule has 0 fully saturated rings. The minimum absolute atomic E-state index is 0.00392. The summed E-state index contributed by atoms with van der Waals surface area (Å²) in [4.78, 5) is 27.9. The third-order valence-electron chi connectivity index (χ3n) is 5.16. The Morgan fingerprint density at radius 2 is 1.48 bits per heavy atom. The Morgan fingerprint density at radius 3 is 2.00 bits per heavy atom. The number of benzene rings is 2. The summed E-state index contributed by atoms with van der Waals surface area (Å²) in [5, 5.41) is 3.01. The first-order valence-electron chi connectivity index (χ1n) is 11.1. The van der Waals surface area contributed by atoms with Crippen LogP contribution in [0.25, 0.3) is 0 Å². The van der Waals surface area contributed by atoms with Gasteiger partial charge in [0.25, 0.3) is 0 Å². The van der Waals surface area contributed by atoms with Crippen LogP contribution in [-0.4, -0.2) is 35.1 Å². The van der Waals surface area contributed by atoms with E-state index < -0.39 is 6.04 Å². The molecule has 0 spiro atoms. The highest BCUT2D eigenvalue weighted by Gasteiger charge is 2.28. The van der Waals surface area contributed by atoms with Crippen molar-refractivity contribution in [2.45, 2.75) is 59.4 Å². The molecular formula is C26H36N2O2S. The number of aryl methyl sites for hydroxylation is 2. The first-order chi connectivity index (χ1) is 14.8. The Balaban J connectivity index is 2.10. The Labute approximate surface area is 191 Å². The molecule has 2 aromatic carbocycles. The van der Waals surface area contributed by atoms with Gasteiger partial charge in [0.1, 0.15) is 6.04 Å². The molecule has 0 radical (unpaired) electrons. The summed E-state index contributed by atoms with van der Waals surface area (Å²) in [5.41, 5.74) is 4.65. The molecule has 0 aliphatic heterocycles. The summed E-state index contributed by atoms with van der Waals surface area (Å²) in [5.74, 6) is 1.44. The molecule has 0 aromatic heterocycles. The zero-order chi connectivity index (χ0) is 22.8. The van der Waals surface area contributed by atoms with E-state index in [4.69, 9.17) is 0 Å². The van der Waals surface area contributed by atoms with Gasteiger partial charge in [0.2, 0.25) is 11.8 Å². The molecule has 168 valence electrons. The molecule has 0 saturated heterocycles. The predicted molar refractivity (Wildman–Crippen MR) is 131 cm³/mol. The SMILES string of the molecule is CC[C@H](C(=O)NCC(C)C)N(Cc1ccc(C)cc1)C(=O)CSCc1ccc(C)cc1. The van der Waals surface area contributed by atoms with E-state index in [0.29, 0.717) is 31.2 Å². The van der Waals surface area contributed by atoms with Crippen molar-refractivity contribution < 1.29 is 9.59 Å². The van der Waals surface area contributed by atoms with Crippen molar-refractivity contribution in [3.8, 4) is 0 Å². The van der Waals surface area contributed by atoms with Gasteiger partial charge in [-0.1, -0.05) is 80.4 Å². The molecule has 1 atom stereocenters. The van der Waals surface area contributed by atoms with Gasteiger partial charge in [-0.15, -0.1) is 11.8 Å². The average Bonchev–Trinajstić information content (AvgIpc) is 2.74. The second kappa shape index (κ2) is 12.6. The van der Waals surface area contributed by atoms with E-state index in [2.05, 4.69) is 50.4 Å². The lowest BCUT2D eigenvalue weighted by atomic mass is 10.1. The number of rotatable bonds is 11. The number of hydrogen-bond donors (Lipinski definition) is 1. The third kappa shape index (κ3) is 8.41. The molecule has 5 heteroatoms. The van der Waals surface area contributed by atoms with E-state index in [1.165, 1.54) is 16.7 Å². The first-order valence-corrected chi connectivity index (χ1v) is 12.2. The Kier molecular flexibility index (Phi) is 10.1. The van der Waals surface area contributed by atoms with Crippen LogP contribution in [0, 0.1) is 19.8 Å². The van der Waals surface area contributed by atoms with Gasteiger partial charge in [-0.2, -0.15) is 0 Å². The maximum absolute atomic E-state index is 13.2. The monoisotopic (exact) mass is 440 g/mol. The van der Waals surface area contributed by atoms with E-state index >= 15 is 0 Å². The number of hydrogen-bond acceptors (Lipinski definition) is 3. The van der Waals surface area contributed by atoms with Gasteiger partial charge in [-0.25, -0.2) is 0 Å². The Morgan fingerprint density at radius 1 is 0.935 bits per heavy atom. The third-order valence-corrected chi connectivity index (χ3v) is 6.15. The van der Waals surface area contributed by atoms with E-state index in [1.54, 1.807) is 16.7 Å². The predicted octanol–water partition coefficient (Wildman–Crippen LogP) is 5.12. The number of nitrogens with one attached hydrogen (secondary N) is 1. The highest BCUT2D eigenvalue weighted by atomic mass is 32.2. The summed E-state index contributed by atoms with van der Waals surface area (Å²) < 4.78 is 0. The normalized spacial score (nSPS) is 11.9. The molecule has 2 amide bonds. The molecule has 1 N–H and O–H groups in total. The molecule has 0 bridgehead atoms. The summed E-state index contributed by atoms with van der Waals surface area (Å²) in [6.45, 7) is 11.3. The number of thioether (sulfide) groups is 1. The number of carbonyl (C=O) groups excluding carboxylic acids is 2. The molecule has 0 unspecified atom stereocenters. The molecule has 0 aliphatic carbocycles. The van der Waals surface area contributed by atoms with Crippen LogP contribution in [0.5, 0.6) is 0 Å². The van der Waals surface area contributed by atoms with E-state index in [9.17, 15) is 9.59 Å². The van der Waals surface area contributed by atoms with Crippen LogP contribution in [0.2, 0.25) is 0 Å². The van der Waals surface area contributed by atoms with Crippen molar-refractivity contribution in [3.05, 3.63) is 70.8 Å². The van der Waals surface area contributed by atoms with Gasteiger partial charge in [-0.3, -0.25) is 9.59 Å². The first kappa shape index (κ1) is 25.0. The van der Waals surface area contributed by atoms with Gasteiger partial charge in [0.05, 0.1) is 5.75 Å². The van der Waals surface area contributed by atoms with Crippen molar-refractivity contribution in [1.29, 1.82) is 0 Å². The molecule has 0 heterocycles. The highest BCUT2D eigenvalue weighted by molar-refractivity contribution is 7.99. The van der Waals surface area contributed by atoms with Gasteiger partial charge < -0.3 is 10.2 Å². The fourth-order valence-electron chi connectivity index (χ4n) is 3.26. The standard InChI is InChI=1S/C26H36N2O2S/c1-6-24(26(30)27-15-19(2)3)28(16-22-11-7-20(4)8-12-22)25(29)18-31-17-23-13-9-21(5)10-14-23/h7-14,19,24H,6,15-18H2,1-5H3,(H,27,30)/t24-/m1/s1. The van der Waals surface area contributed by atoms with Crippen LogP contribution in [0.1, 0.15) is 49.4 Å². The molecule has 2 aromatic rings. The number of carbonyl (C=O) groups is 2. The van der Waals surface area contributed by atoms with E-state index in [-0.39, 0.29) is 11.8 Å². The zero-order valence-corrected chi connectivity index (χ0v) is 20.3. The molecule has 4 nitrogen and oxygen atoms in total. The lowest BCUT2D eigenvalue weighted by molar-refractivity contribution is -0.139. The lowest BCUT2D eigenvalue weighted by Gasteiger charge is -2.31. The number of nitrogens with zero attached hydrogens (tertiary/aromatic N) is 1. The van der Waals surface area contributed by atoms with Crippen molar-refractivity contribution in [1.82, 2.24) is 10.2 Å².